The monoisotopic (exact) mass is 458 g/mol. The number of rotatable bonds is 6. The summed E-state index contributed by atoms with van der Waals surface area (Å²) in [6.45, 7) is 2.36. The average Bonchev–Trinajstić information content (AvgIpc) is 3.15. The highest BCUT2D eigenvalue weighted by Gasteiger charge is 2.27. The summed E-state index contributed by atoms with van der Waals surface area (Å²) in [7, 11) is 1.79. The van der Waals surface area contributed by atoms with E-state index in [9.17, 15) is 9.18 Å². The number of hydrogen-bond donors (Lipinski definition) is 2. The molecule has 0 aliphatic carbocycles. The molecule has 0 spiro atoms. The topological polar surface area (TPSA) is 76.8 Å². The average molecular weight is 459 g/mol. The van der Waals surface area contributed by atoms with Gasteiger partial charge in [-0.3, -0.25) is 14.2 Å². The second-order valence-corrected chi connectivity index (χ2v) is 8.49. The van der Waals surface area contributed by atoms with Crippen LogP contribution in [0.4, 0.5) is 10.3 Å². The fraction of sp³-hybridized carbons (Fsp3) is 0.269. The fourth-order valence-corrected chi connectivity index (χ4v) is 4.58. The van der Waals surface area contributed by atoms with Crippen LogP contribution >= 0.6 is 0 Å². The highest BCUT2D eigenvalue weighted by molar-refractivity contribution is 5.79. The first-order valence-electron chi connectivity index (χ1n) is 11.5. The fourth-order valence-electron chi connectivity index (χ4n) is 4.58. The first kappa shape index (κ1) is 22.0. The molecule has 2 aromatic carbocycles. The summed E-state index contributed by atoms with van der Waals surface area (Å²) >= 11 is 0. The third kappa shape index (κ3) is 4.36. The van der Waals surface area contributed by atoms with Crippen molar-refractivity contribution in [3.63, 3.8) is 0 Å². The lowest BCUT2D eigenvalue weighted by atomic mass is 10.0. The van der Waals surface area contributed by atoms with E-state index in [1.807, 2.05) is 36.4 Å². The first-order chi connectivity index (χ1) is 16.6. The molecule has 4 aromatic rings. The van der Waals surface area contributed by atoms with E-state index < -0.39 is 0 Å². The molecule has 3 heterocycles. The summed E-state index contributed by atoms with van der Waals surface area (Å²) in [6, 6.07) is 18.1. The summed E-state index contributed by atoms with van der Waals surface area (Å²) in [4.78, 5) is 22.7. The molecule has 5 rings (SSSR count). The zero-order valence-corrected chi connectivity index (χ0v) is 19.0. The molecule has 0 unspecified atom stereocenters. The van der Waals surface area contributed by atoms with Crippen LogP contribution < -0.4 is 16.2 Å². The Labute approximate surface area is 197 Å². The van der Waals surface area contributed by atoms with E-state index >= 15 is 0 Å². The first-order valence-corrected chi connectivity index (χ1v) is 11.5. The van der Waals surface area contributed by atoms with Gasteiger partial charge >= 0.3 is 0 Å². The zero-order valence-electron chi connectivity index (χ0n) is 19.0. The SMILES string of the molecule is Cn1c(=O)c(-c2ccc(F)cc2)c(-c2ccnc(NCc3ccccc3)n2)n1C1CCNCC1. The van der Waals surface area contributed by atoms with Crippen LogP contribution in [0.3, 0.4) is 0 Å². The van der Waals surface area contributed by atoms with Crippen LogP contribution in [-0.2, 0) is 13.6 Å². The largest absolute Gasteiger partial charge is 0.350 e. The Balaban J connectivity index is 1.61. The van der Waals surface area contributed by atoms with Gasteiger partial charge in [0.05, 0.1) is 23.0 Å². The van der Waals surface area contributed by atoms with Gasteiger partial charge in [0, 0.05) is 19.8 Å². The van der Waals surface area contributed by atoms with Crippen LogP contribution in [0, 0.1) is 5.82 Å². The van der Waals surface area contributed by atoms with Crippen LogP contribution in [0.2, 0.25) is 0 Å². The van der Waals surface area contributed by atoms with E-state index in [2.05, 4.69) is 20.3 Å². The van der Waals surface area contributed by atoms with Crippen molar-refractivity contribution in [2.45, 2.75) is 25.4 Å². The van der Waals surface area contributed by atoms with Crippen molar-refractivity contribution in [3.05, 3.63) is 88.6 Å². The number of nitrogens with one attached hydrogen (secondary N) is 2. The van der Waals surface area contributed by atoms with Crippen LogP contribution in [0.1, 0.15) is 24.4 Å². The highest BCUT2D eigenvalue weighted by Crippen LogP contribution is 2.34. The number of nitrogens with zero attached hydrogens (tertiary/aromatic N) is 4. The summed E-state index contributed by atoms with van der Waals surface area (Å²) in [5.74, 6) is 0.147. The zero-order chi connectivity index (χ0) is 23.5. The molecule has 0 amide bonds. The Hall–Kier alpha value is -3.78. The number of piperidine rings is 1. The highest BCUT2D eigenvalue weighted by atomic mass is 19.1. The quantitative estimate of drug-likeness (QED) is 0.457. The predicted octanol–water partition coefficient (Wildman–Crippen LogP) is 3.99. The van der Waals surface area contributed by atoms with Crippen LogP contribution in [0.25, 0.3) is 22.5 Å². The summed E-state index contributed by atoms with van der Waals surface area (Å²) in [6.07, 6.45) is 3.51. The van der Waals surface area contributed by atoms with Gasteiger partial charge in [0.1, 0.15) is 5.82 Å². The van der Waals surface area contributed by atoms with Gasteiger partial charge in [-0.2, -0.15) is 0 Å². The molecule has 7 nitrogen and oxygen atoms in total. The molecular formula is C26H27FN6O. The number of anilines is 1. The van der Waals surface area contributed by atoms with Crippen molar-refractivity contribution >= 4 is 5.95 Å². The molecule has 0 saturated carbocycles. The molecular weight excluding hydrogens is 431 g/mol. The van der Waals surface area contributed by atoms with Crippen molar-refractivity contribution in [1.82, 2.24) is 24.6 Å². The van der Waals surface area contributed by atoms with E-state index in [1.54, 1.807) is 30.1 Å². The van der Waals surface area contributed by atoms with Gasteiger partial charge in [-0.1, -0.05) is 42.5 Å². The van der Waals surface area contributed by atoms with Crippen molar-refractivity contribution < 1.29 is 4.39 Å². The number of hydrogen-bond acceptors (Lipinski definition) is 5. The minimum absolute atomic E-state index is 0.127. The van der Waals surface area contributed by atoms with Crippen molar-refractivity contribution in [3.8, 4) is 22.5 Å². The minimum Gasteiger partial charge on any atom is -0.350 e. The molecule has 0 radical (unpaired) electrons. The lowest BCUT2D eigenvalue weighted by Crippen LogP contribution is -2.33. The predicted molar refractivity (Wildman–Crippen MR) is 131 cm³/mol. The molecule has 1 aliphatic heterocycles. The van der Waals surface area contributed by atoms with E-state index in [0.29, 0.717) is 29.3 Å². The summed E-state index contributed by atoms with van der Waals surface area (Å²) < 4.78 is 17.4. The minimum atomic E-state index is -0.339. The van der Waals surface area contributed by atoms with Gasteiger partial charge in [0.2, 0.25) is 5.95 Å². The molecule has 1 aliphatic rings. The van der Waals surface area contributed by atoms with Crippen LogP contribution in [0.15, 0.2) is 71.7 Å². The molecule has 8 heteroatoms. The van der Waals surface area contributed by atoms with Crippen LogP contribution in [0.5, 0.6) is 0 Å². The molecule has 2 N–H and O–H groups in total. The molecule has 1 saturated heterocycles. The molecule has 2 aromatic heterocycles. The number of halogens is 1. The third-order valence-corrected chi connectivity index (χ3v) is 6.28. The van der Waals surface area contributed by atoms with E-state index in [0.717, 1.165) is 37.2 Å². The maximum atomic E-state index is 13.7. The number of aromatic nitrogens is 4. The second kappa shape index (κ2) is 9.61. The van der Waals surface area contributed by atoms with Crippen molar-refractivity contribution in [1.29, 1.82) is 0 Å². The van der Waals surface area contributed by atoms with E-state index in [1.165, 1.54) is 12.1 Å². The molecule has 0 bridgehead atoms. The number of benzene rings is 2. The van der Waals surface area contributed by atoms with Crippen LogP contribution in [-0.4, -0.2) is 32.4 Å². The Morgan fingerprint density at radius 3 is 2.53 bits per heavy atom. The maximum absolute atomic E-state index is 13.7. The lowest BCUT2D eigenvalue weighted by molar-refractivity contribution is 0.313. The van der Waals surface area contributed by atoms with E-state index in [4.69, 9.17) is 4.98 Å². The van der Waals surface area contributed by atoms with Gasteiger partial charge in [0.25, 0.3) is 5.56 Å². The molecule has 34 heavy (non-hydrogen) atoms. The Morgan fingerprint density at radius 1 is 1.06 bits per heavy atom. The molecule has 1 fully saturated rings. The Morgan fingerprint density at radius 2 is 1.79 bits per heavy atom. The van der Waals surface area contributed by atoms with Gasteiger partial charge < -0.3 is 10.6 Å². The lowest BCUT2D eigenvalue weighted by Gasteiger charge is -2.27. The van der Waals surface area contributed by atoms with E-state index in [-0.39, 0.29) is 17.4 Å². The third-order valence-electron chi connectivity index (χ3n) is 6.28. The smallest absolute Gasteiger partial charge is 0.274 e. The second-order valence-electron chi connectivity index (χ2n) is 8.49. The van der Waals surface area contributed by atoms with Gasteiger partial charge in [-0.25, -0.2) is 14.4 Å². The van der Waals surface area contributed by atoms with Gasteiger partial charge in [0.15, 0.2) is 0 Å². The normalized spacial score (nSPS) is 14.3. The van der Waals surface area contributed by atoms with Crippen molar-refractivity contribution in [2.24, 2.45) is 7.05 Å². The Kier molecular flexibility index (Phi) is 6.22. The van der Waals surface area contributed by atoms with Crippen molar-refractivity contribution in [2.75, 3.05) is 18.4 Å². The molecule has 0 atom stereocenters. The standard InChI is InChI=1S/C26H27FN6O/c1-32-25(34)23(19-7-9-20(27)10-8-19)24(33(32)21-11-14-28-15-12-21)22-13-16-29-26(31-22)30-17-18-5-3-2-4-6-18/h2-10,13,16,21,28H,11-12,14-15,17H2,1H3,(H,29,30,31). The molecule has 174 valence electrons. The Bertz CT molecular complexity index is 1320. The summed E-state index contributed by atoms with van der Waals surface area (Å²) in [5, 5.41) is 6.67. The van der Waals surface area contributed by atoms with Gasteiger partial charge in [-0.15, -0.1) is 0 Å². The maximum Gasteiger partial charge on any atom is 0.274 e. The van der Waals surface area contributed by atoms with Gasteiger partial charge in [-0.05, 0) is 55.3 Å². The summed E-state index contributed by atoms with van der Waals surface area (Å²) in [5.41, 5.74) is 3.57.